The smallest absolute Gasteiger partial charge is 0.268 e. The quantitative estimate of drug-likeness (QED) is 0.536. The van der Waals surface area contributed by atoms with E-state index in [0.717, 1.165) is 10.9 Å². The number of hydrogen-bond donors (Lipinski definition) is 2. The minimum Gasteiger partial charge on any atom is -0.457 e. The summed E-state index contributed by atoms with van der Waals surface area (Å²) in [5.74, 6) is 0.0404. The Morgan fingerprint density at radius 2 is 1.64 bits per heavy atom. The summed E-state index contributed by atoms with van der Waals surface area (Å²) in [6.45, 7) is 0. The van der Waals surface area contributed by atoms with E-state index in [1.165, 1.54) is 18.2 Å². The predicted molar refractivity (Wildman–Crippen MR) is 106 cm³/mol. The van der Waals surface area contributed by atoms with Gasteiger partial charge >= 0.3 is 0 Å². The van der Waals surface area contributed by atoms with E-state index in [1.807, 2.05) is 24.4 Å². The molecule has 0 bridgehead atoms. The minimum atomic E-state index is -3.98. The zero-order chi connectivity index (χ0) is 19.6. The summed E-state index contributed by atoms with van der Waals surface area (Å²) < 4.78 is 32.8. The van der Waals surface area contributed by atoms with Crippen molar-refractivity contribution in [3.63, 3.8) is 0 Å². The first kappa shape index (κ1) is 17.8. The Morgan fingerprint density at radius 3 is 2.46 bits per heavy atom. The van der Waals surface area contributed by atoms with Crippen LogP contribution in [0.2, 0.25) is 0 Å². The fraction of sp³-hybridized carbons (Fsp3) is 0. The van der Waals surface area contributed by atoms with Crippen LogP contribution in [-0.4, -0.2) is 19.3 Å². The van der Waals surface area contributed by atoms with Gasteiger partial charge < -0.3 is 9.72 Å². The largest absolute Gasteiger partial charge is 0.457 e. The highest BCUT2D eigenvalue weighted by atomic mass is 32.2. The number of fused-ring (bicyclic) bond motifs is 1. The molecule has 4 aromatic rings. The molecule has 0 saturated heterocycles. The number of nitrogens with one attached hydrogen (secondary N) is 2. The van der Waals surface area contributed by atoms with Gasteiger partial charge in [-0.3, -0.25) is 4.79 Å². The van der Waals surface area contributed by atoms with E-state index in [0.29, 0.717) is 5.75 Å². The van der Waals surface area contributed by atoms with Crippen LogP contribution in [0.1, 0.15) is 10.4 Å². The van der Waals surface area contributed by atoms with E-state index < -0.39 is 15.9 Å². The number of hydrogen-bond acceptors (Lipinski definition) is 4. The molecule has 6 nitrogen and oxygen atoms in total. The highest BCUT2D eigenvalue weighted by Gasteiger charge is 2.21. The highest BCUT2D eigenvalue weighted by molar-refractivity contribution is 7.90. The lowest BCUT2D eigenvalue weighted by molar-refractivity contribution is 0.0979. The molecule has 1 aromatic heterocycles. The first-order valence-electron chi connectivity index (χ1n) is 8.49. The zero-order valence-electron chi connectivity index (χ0n) is 14.6. The maximum absolute atomic E-state index is 12.6. The molecule has 7 heteroatoms. The molecule has 0 fully saturated rings. The van der Waals surface area contributed by atoms with E-state index in [1.54, 1.807) is 42.5 Å². The highest BCUT2D eigenvalue weighted by Crippen LogP contribution is 2.28. The Balaban J connectivity index is 1.61. The molecule has 1 heterocycles. The molecule has 0 saturated carbocycles. The molecular formula is C21H16N2O4S. The molecule has 1 amide bonds. The van der Waals surface area contributed by atoms with Crippen LogP contribution in [-0.2, 0) is 10.0 Å². The van der Waals surface area contributed by atoms with Crippen molar-refractivity contribution in [2.75, 3.05) is 0 Å². The van der Waals surface area contributed by atoms with Crippen LogP contribution in [0, 0.1) is 0 Å². The van der Waals surface area contributed by atoms with Crippen molar-refractivity contribution in [1.29, 1.82) is 0 Å². The molecule has 140 valence electrons. The van der Waals surface area contributed by atoms with Crippen LogP contribution in [0.5, 0.6) is 11.5 Å². The molecule has 3 aromatic carbocycles. The average molecular weight is 392 g/mol. The van der Waals surface area contributed by atoms with Gasteiger partial charge in [-0.15, -0.1) is 0 Å². The van der Waals surface area contributed by atoms with E-state index in [-0.39, 0.29) is 16.2 Å². The van der Waals surface area contributed by atoms with Crippen LogP contribution in [0.15, 0.2) is 90.0 Å². The van der Waals surface area contributed by atoms with Gasteiger partial charge in [-0.25, -0.2) is 13.1 Å². The zero-order valence-corrected chi connectivity index (χ0v) is 15.4. The van der Waals surface area contributed by atoms with Gasteiger partial charge in [0.2, 0.25) is 0 Å². The number of H-pyrrole nitrogens is 1. The lowest BCUT2D eigenvalue weighted by atomic mass is 10.2. The fourth-order valence-electron chi connectivity index (χ4n) is 2.80. The Labute approximate surface area is 161 Å². The van der Waals surface area contributed by atoms with E-state index >= 15 is 0 Å². The van der Waals surface area contributed by atoms with Gasteiger partial charge in [0, 0.05) is 17.1 Å². The van der Waals surface area contributed by atoms with Crippen molar-refractivity contribution < 1.29 is 17.9 Å². The summed E-state index contributed by atoms with van der Waals surface area (Å²) in [4.78, 5) is 15.7. The summed E-state index contributed by atoms with van der Waals surface area (Å²) in [5.41, 5.74) is 1.09. The summed E-state index contributed by atoms with van der Waals surface area (Å²) in [6, 6.07) is 21.6. The Kier molecular flexibility index (Phi) is 4.58. The first-order chi connectivity index (χ1) is 13.5. The van der Waals surface area contributed by atoms with Gasteiger partial charge in [-0.2, -0.15) is 0 Å². The third kappa shape index (κ3) is 3.60. The lowest BCUT2D eigenvalue weighted by Crippen LogP contribution is -2.30. The second-order valence-electron chi connectivity index (χ2n) is 6.07. The maximum atomic E-state index is 12.6. The minimum absolute atomic E-state index is 0.0136. The van der Waals surface area contributed by atoms with Crippen molar-refractivity contribution >= 4 is 26.8 Å². The first-order valence-corrected chi connectivity index (χ1v) is 9.97. The Bertz CT molecular complexity index is 1250. The molecule has 2 N–H and O–H groups in total. The molecule has 0 aliphatic carbocycles. The van der Waals surface area contributed by atoms with Crippen molar-refractivity contribution in [3.05, 3.63) is 90.6 Å². The number of amides is 1. The van der Waals surface area contributed by atoms with E-state index in [4.69, 9.17) is 4.74 Å². The summed E-state index contributed by atoms with van der Waals surface area (Å²) in [7, 11) is -3.98. The van der Waals surface area contributed by atoms with Gasteiger partial charge in [-0.05, 0) is 48.5 Å². The molecule has 0 radical (unpaired) electrons. The van der Waals surface area contributed by atoms with Crippen LogP contribution < -0.4 is 9.46 Å². The molecule has 0 atom stereocenters. The van der Waals surface area contributed by atoms with Crippen molar-refractivity contribution in [2.24, 2.45) is 0 Å². The summed E-state index contributed by atoms with van der Waals surface area (Å²) >= 11 is 0. The summed E-state index contributed by atoms with van der Waals surface area (Å²) in [5, 5.41) is 0.964. The number of aromatic nitrogens is 1. The number of sulfonamides is 1. The van der Waals surface area contributed by atoms with Gasteiger partial charge in [0.05, 0.1) is 10.5 Å². The molecular weight excluding hydrogens is 376 g/mol. The van der Waals surface area contributed by atoms with Crippen molar-refractivity contribution in [1.82, 2.24) is 9.71 Å². The number of benzene rings is 3. The number of carbonyl (C=O) groups is 1. The van der Waals surface area contributed by atoms with Gasteiger partial charge in [0.25, 0.3) is 15.9 Å². The Hall–Kier alpha value is -3.58. The molecule has 0 unspecified atom stereocenters. The van der Waals surface area contributed by atoms with Gasteiger partial charge in [-0.1, -0.05) is 30.3 Å². The van der Waals surface area contributed by atoms with E-state index in [2.05, 4.69) is 9.71 Å². The van der Waals surface area contributed by atoms with Crippen LogP contribution in [0.3, 0.4) is 0 Å². The summed E-state index contributed by atoms with van der Waals surface area (Å²) in [6.07, 6.45) is 1.82. The Morgan fingerprint density at radius 1 is 0.893 bits per heavy atom. The van der Waals surface area contributed by atoms with Crippen LogP contribution in [0.25, 0.3) is 10.9 Å². The van der Waals surface area contributed by atoms with Gasteiger partial charge in [0.1, 0.15) is 11.5 Å². The second kappa shape index (κ2) is 7.21. The topological polar surface area (TPSA) is 88.3 Å². The number of para-hydroxylation sites is 1. The molecule has 0 spiro atoms. The third-order valence-electron chi connectivity index (χ3n) is 4.16. The van der Waals surface area contributed by atoms with Crippen molar-refractivity contribution in [2.45, 2.75) is 4.90 Å². The molecule has 0 aliphatic rings. The van der Waals surface area contributed by atoms with Crippen molar-refractivity contribution in [3.8, 4) is 11.5 Å². The maximum Gasteiger partial charge on any atom is 0.268 e. The fourth-order valence-corrected chi connectivity index (χ4v) is 3.79. The van der Waals surface area contributed by atoms with Crippen LogP contribution >= 0.6 is 0 Å². The monoisotopic (exact) mass is 392 g/mol. The average Bonchev–Trinajstić information content (AvgIpc) is 3.16. The molecule has 28 heavy (non-hydrogen) atoms. The number of ether oxygens (including phenoxy) is 1. The lowest BCUT2D eigenvalue weighted by Gasteiger charge is -2.12. The number of aromatic amines is 1. The van der Waals surface area contributed by atoms with E-state index in [9.17, 15) is 13.2 Å². The third-order valence-corrected chi connectivity index (χ3v) is 5.51. The number of rotatable bonds is 5. The normalized spacial score (nSPS) is 11.3. The predicted octanol–water partition coefficient (Wildman–Crippen LogP) is 4.08. The number of carbonyl (C=O) groups excluding carboxylic acids is 1. The second-order valence-corrected chi connectivity index (χ2v) is 7.76. The van der Waals surface area contributed by atoms with Gasteiger partial charge in [0.15, 0.2) is 0 Å². The van der Waals surface area contributed by atoms with Crippen LogP contribution in [0.4, 0.5) is 0 Å². The molecule has 4 rings (SSSR count). The molecule has 0 aliphatic heterocycles. The SMILES string of the molecule is O=C(NS(=O)(=O)c1ccccc1)c1ccccc1Oc1ccc2[nH]ccc2c1. The standard InChI is InChI=1S/C21H16N2O4S/c24-21(23-28(25,26)17-6-2-1-3-7-17)18-8-4-5-9-20(18)27-16-10-11-19-15(14-16)12-13-22-19/h1-14,22H,(H,23,24).